The van der Waals surface area contributed by atoms with Gasteiger partial charge in [0.05, 0.1) is 15.0 Å². The summed E-state index contributed by atoms with van der Waals surface area (Å²) >= 11 is 0. The SMILES string of the molecule is CO[Si](CN(C1CCCCC1)C(C)(C)C)(OC)OC[SiH](C)C. The van der Waals surface area contributed by atoms with Gasteiger partial charge in [-0.2, -0.15) is 0 Å². The van der Waals surface area contributed by atoms with E-state index in [0.29, 0.717) is 6.04 Å². The molecular formula is C16H37NO3Si2. The van der Waals surface area contributed by atoms with Crippen LogP contribution in [0.2, 0.25) is 13.1 Å². The first-order valence-corrected chi connectivity index (χ1v) is 13.8. The highest BCUT2D eigenvalue weighted by molar-refractivity contribution is 6.63. The smallest absolute Gasteiger partial charge is 0.377 e. The molecule has 0 aromatic heterocycles. The second-order valence-corrected chi connectivity index (χ2v) is 13.8. The second-order valence-electron chi connectivity index (χ2n) is 7.89. The minimum absolute atomic E-state index is 0.107. The van der Waals surface area contributed by atoms with E-state index in [4.69, 9.17) is 13.3 Å². The van der Waals surface area contributed by atoms with Crippen molar-refractivity contribution in [3.8, 4) is 0 Å². The normalized spacial score (nSPS) is 18.4. The van der Waals surface area contributed by atoms with Gasteiger partial charge in [-0.3, -0.25) is 4.90 Å². The molecule has 6 heteroatoms. The molecule has 1 aliphatic carbocycles. The molecule has 0 saturated heterocycles. The van der Waals surface area contributed by atoms with Gasteiger partial charge >= 0.3 is 8.80 Å². The lowest BCUT2D eigenvalue weighted by molar-refractivity contribution is 0.0342. The van der Waals surface area contributed by atoms with Gasteiger partial charge in [-0.1, -0.05) is 32.4 Å². The van der Waals surface area contributed by atoms with Crippen molar-refractivity contribution in [2.45, 2.75) is 77.6 Å². The molecule has 1 saturated carbocycles. The predicted molar refractivity (Wildman–Crippen MR) is 97.9 cm³/mol. The third kappa shape index (κ3) is 6.05. The van der Waals surface area contributed by atoms with Gasteiger partial charge in [0, 0.05) is 32.0 Å². The number of hydrogen-bond acceptors (Lipinski definition) is 4. The van der Waals surface area contributed by atoms with Gasteiger partial charge < -0.3 is 13.3 Å². The Bertz CT molecular complexity index is 311. The van der Waals surface area contributed by atoms with Gasteiger partial charge in [-0.05, 0) is 33.6 Å². The van der Waals surface area contributed by atoms with E-state index in [-0.39, 0.29) is 5.54 Å². The fraction of sp³-hybridized carbons (Fsp3) is 1.00. The molecule has 22 heavy (non-hydrogen) atoms. The zero-order valence-corrected chi connectivity index (χ0v) is 17.9. The molecule has 0 spiro atoms. The zero-order chi connectivity index (χ0) is 16.8. The van der Waals surface area contributed by atoms with E-state index in [1.54, 1.807) is 14.2 Å². The van der Waals surface area contributed by atoms with Crippen molar-refractivity contribution in [3.05, 3.63) is 0 Å². The molecule has 0 aromatic rings. The molecule has 0 N–H and O–H groups in total. The largest absolute Gasteiger partial charge is 0.514 e. The maximum absolute atomic E-state index is 6.22. The lowest BCUT2D eigenvalue weighted by Gasteiger charge is -2.46. The molecule has 0 amide bonds. The van der Waals surface area contributed by atoms with Crippen LogP contribution in [0.5, 0.6) is 0 Å². The monoisotopic (exact) mass is 347 g/mol. The van der Waals surface area contributed by atoms with Crippen LogP contribution in [0.15, 0.2) is 0 Å². The van der Waals surface area contributed by atoms with E-state index in [1.807, 2.05) is 0 Å². The van der Waals surface area contributed by atoms with Crippen LogP contribution in [0, 0.1) is 0 Å². The van der Waals surface area contributed by atoms with Crippen LogP contribution in [0.1, 0.15) is 52.9 Å². The van der Waals surface area contributed by atoms with Gasteiger partial charge in [0.15, 0.2) is 0 Å². The first kappa shape index (κ1) is 20.3. The fourth-order valence-electron chi connectivity index (χ4n) is 3.18. The molecule has 1 aliphatic rings. The highest BCUT2D eigenvalue weighted by atomic mass is 28.4. The molecule has 1 fully saturated rings. The van der Waals surface area contributed by atoms with Gasteiger partial charge in [0.1, 0.15) is 0 Å². The quantitative estimate of drug-likeness (QED) is 0.631. The molecule has 132 valence electrons. The highest BCUT2D eigenvalue weighted by Crippen LogP contribution is 2.30. The molecule has 0 unspecified atom stereocenters. The Morgan fingerprint density at radius 2 is 1.59 bits per heavy atom. The van der Waals surface area contributed by atoms with E-state index in [2.05, 4.69) is 38.8 Å². The van der Waals surface area contributed by atoms with Crippen LogP contribution < -0.4 is 0 Å². The maximum Gasteiger partial charge on any atom is 0.514 e. The summed E-state index contributed by atoms with van der Waals surface area (Å²) in [6.07, 6.45) is 8.26. The third-order valence-electron chi connectivity index (χ3n) is 4.50. The van der Waals surface area contributed by atoms with Crippen molar-refractivity contribution in [2.75, 3.05) is 26.6 Å². The molecule has 0 heterocycles. The Labute approximate surface area is 140 Å². The Kier molecular flexibility index (Phi) is 8.26. The lowest BCUT2D eigenvalue weighted by atomic mass is 9.91. The summed E-state index contributed by atoms with van der Waals surface area (Å²) < 4.78 is 17.9. The van der Waals surface area contributed by atoms with E-state index in [1.165, 1.54) is 32.1 Å². The number of nitrogens with zero attached hydrogens (tertiary/aromatic N) is 1. The zero-order valence-electron chi connectivity index (χ0n) is 15.8. The van der Waals surface area contributed by atoms with Crippen molar-refractivity contribution in [2.24, 2.45) is 0 Å². The molecule has 0 radical (unpaired) electrons. The van der Waals surface area contributed by atoms with Crippen LogP contribution >= 0.6 is 0 Å². The molecular weight excluding hydrogens is 310 g/mol. The minimum atomic E-state index is -2.60. The van der Waals surface area contributed by atoms with Crippen LogP contribution in [0.3, 0.4) is 0 Å². The summed E-state index contributed by atoms with van der Waals surface area (Å²) in [5, 5.41) is 0. The standard InChI is InChI=1S/C16H37NO3Si2/c1-16(2,3)17(15-11-9-8-10-12-15)13-22(18-4,19-5)20-14-21(6)7/h15,21H,8-14H2,1-7H3. The van der Waals surface area contributed by atoms with Crippen molar-refractivity contribution in [1.29, 1.82) is 0 Å². The Hall–Kier alpha value is 0.274. The highest BCUT2D eigenvalue weighted by Gasteiger charge is 2.45. The van der Waals surface area contributed by atoms with E-state index >= 15 is 0 Å². The van der Waals surface area contributed by atoms with E-state index in [0.717, 1.165) is 12.4 Å². The summed E-state index contributed by atoms with van der Waals surface area (Å²) in [4.78, 5) is 2.59. The molecule has 0 atom stereocenters. The average molecular weight is 348 g/mol. The Balaban J connectivity index is 2.87. The summed E-state index contributed by atoms with van der Waals surface area (Å²) in [5.41, 5.74) is 0.107. The molecule has 4 nitrogen and oxygen atoms in total. The van der Waals surface area contributed by atoms with E-state index < -0.39 is 17.6 Å². The predicted octanol–water partition coefficient (Wildman–Crippen LogP) is 3.23. The van der Waals surface area contributed by atoms with Crippen LogP contribution in [0.25, 0.3) is 0 Å². The van der Waals surface area contributed by atoms with Gasteiger partial charge in [-0.25, -0.2) is 0 Å². The average Bonchev–Trinajstić information content (AvgIpc) is 2.48. The molecule has 0 aliphatic heterocycles. The summed E-state index contributed by atoms with van der Waals surface area (Å²) in [7, 11) is 0.111. The van der Waals surface area contributed by atoms with Gasteiger partial charge in [0.25, 0.3) is 0 Å². The topological polar surface area (TPSA) is 30.9 Å². The van der Waals surface area contributed by atoms with E-state index in [9.17, 15) is 0 Å². The second kappa shape index (κ2) is 8.94. The third-order valence-corrected chi connectivity index (χ3v) is 8.24. The van der Waals surface area contributed by atoms with Crippen molar-refractivity contribution < 1.29 is 13.3 Å². The van der Waals surface area contributed by atoms with Crippen LogP contribution in [-0.4, -0.2) is 60.7 Å². The summed E-state index contributed by atoms with van der Waals surface area (Å²) in [6.45, 7) is 11.5. The van der Waals surface area contributed by atoms with Crippen molar-refractivity contribution >= 4 is 17.6 Å². The first-order valence-electron chi connectivity index (χ1n) is 8.75. The van der Waals surface area contributed by atoms with Crippen molar-refractivity contribution in [3.63, 3.8) is 0 Å². The van der Waals surface area contributed by atoms with Crippen molar-refractivity contribution in [1.82, 2.24) is 4.90 Å². The van der Waals surface area contributed by atoms with Crippen LogP contribution in [-0.2, 0) is 13.3 Å². The maximum atomic E-state index is 6.22. The fourth-order valence-corrected chi connectivity index (χ4v) is 7.44. The Morgan fingerprint density at radius 1 is 1.05 bits per heavy atom. The summed E-state index contributed by atoms with van der Waals surface area (Å²) in [5.74, 6) is 0. The molecule has 0 bridgehead atoms. The lowest BCUT2D eigenvalue weighted by Crippen LogP contribution is -2.61. The van der Waals surface area contributed by atoms with Crippen LogP contribution in [0.4, 0.5) is 0 Å². The number of hydrogen-bond donors (Lipinski definition) is 0. The molecule has 1 rings (SSSR count). The Morgan fingerprint density at radius 3 is 2.00 bits per heavy atom. The number of rotatable bonds is 8. The minimum Gasteiger partial charge on any atom is -0.377 e. The first-order chi connectivity index (χ1) is 10.2. The van der Waals surface area contributed by atoms with Gasteiger partial charge in [0.2, 0.25) is 0 Å². The summed E-state index contributed by atoms with van der Waals surface area (Å²) in [6, 6.07) is 0.630. The van der Waals surface area contributed by atoms with Gasteiger partial charge in [-0.15, -0.1) is 0 Å². The molecule has 0 aromatic carbocycles.